The number of rotatable bonds is 3. The van der Waals surface area contributed by atoms with E-state index in [9.17, 15) is 4.79 Å². The summed E-state index contributed by atoms with van der Waals surface area (Å²) in [6.45, 7) is 7.48. The fourth-order valence-corrected chi connectivity index (χ4v) is 1.14. The Morgan fingerprint density at radius 3 is 2.50 bits per heavy atom. The van der Waals surface area contributed by atoms with Crippen molar-refractivity contribution >= 4 is 5.97 Å². The normalized spacial score (nSPS) is 18.6. The van der Waals surface area contributed by atoms with E-state index in [1.54, 1.807) is 0 Å². The van der Waals surface area contributed by atoms with E-state index >= 15 is 0 Å². The second kappa shape index (κ2) is 3.44. The van der Waals surface area contributed by atoms with Gasteiger partial charge in [-0.3, -0.25) is 4.79 Å². The van der Waals surface area contributed by atoms with E-state index in [1.165, 1.54) is 0 Å². The lowest BCUT2D eigenvalue weighted by molar-refractivity contribution is -0.169. The van der Waals surface area contributed by atoms with Crippen molar-refractivity contribution in [3.63, 3.8) is 0 Å². The van der Waals surface area contributed by atoms with E-state index in [-0.39, 0.29) is 11.4 Å². The molecule has 1 heterocycles. The largest absolute Gasteiger partial charge is 0.466 e. The fraction of sp³-hybridized carbons (Fsp3) is 0.889. The lowest BCUT2D eigenvalue weighted by Crippen LogP contribution is -2.45. The number of carbonyl (C=O) groups excluding carboxylic acids is 1. The highest BCUT2D eigenvalue weighted by atomic mass is 16.5. The molecule has 0 bridgehead atoms. The summed E-state index contributed by atoms with van der Waals surface area (Å²) in [5.74, 6) is 0.217. The summed E-state index contributed by atoms with van der Waals surface area (Å²) >= 11 is 0. The Balaban J connectivity index is 2.50. The maximum Gasteiger partial charge on any atom is 0.311 e. The molecule has 1 rings (SSSR count). The zero-order valence-electron chi connectivity index (χ0n) is 7.92. The molecule has 12 heavy (non-hydrogen) atoms. The van der Waals surface area contributed by atoms with Crippen molar-refractivity contribution in [3.8, 4) is 0 Å². The summed E-state index contributed by atoms with van der Waals surface area (Å²) in [4.78, 5) is 11.4. The summed E-state index contributed by atoms with van der Waals surface area (Å²) in [5.41, 5.74) is -0.381. The molecule has 0 spiro atoms. The van der Waals surface area contributed by atoms with Crippen LogP contribution >= 0.6 is 0 Å². The van der Waals surface area contributed by atoms with Gasteiger partial charge in [-0.2, -0.15) is 0 Å². The predicted octanol–water partition coefficient (Wildman–Crippen LogP) is 1.22. The molecule has 0 saturated carbocycles. The smallest absolute Gasteiger partial charge is 0.311 e. The molecule has 1 aliphatic heterocycles. The number of carbonyl (C=O) groups is 1. The van der Waals surface area contributed by atoms with E-state index < -0.39 is 0 Å². The lowest BCUT2D eigenvalue weighted by atomic mass is 9.78. The first kappa shape index (κ1) is 9.52. The van der Waals surface area contributed by atoms with E-state index in [4.69, 9.17) is 9.47 Å². The third kappa shape index (κ3) is 1.61. The minimum atomic E-state index is -0.381. The van der Waals surface area contributed by atoms with Crippen molar-refractivity contribution in [1.82, 2.24) is 0 Å². The van der Waals surface area contributed by atoms with Gasteiger partial charge in [-0.05, 0) is 20.8 Å². The Morgan fingerprint density at radius 2 is 2.17 bits per heavy atom. The van der Waals surface area contributed by atoms with Crippen molar-refractivity contribution in [2.45, 2.75) is 20.8 Å². The van der Waals surface area contributed by atoms with Crippen LogP contribution in [0.4, 0.5) is 0 Å². The zero-order chi connectivity index (χ0) is 9.19. The summed E-state index contributed by atoms with van der Waals surface area (Å²) in [5, 5.41) is 0. The molecule has 0 atom stereocenters. The van der Waals surface area contributed by atoms with Gasteiger partial charge < -0.3 is 9.47 Å². The predicted molar refractivity (Wildman–Crippen MR) is 44.7 cm³/mol. The standard InChI is InChI=1S/C9H16O3/c1-4-12-8(10)9(2,3)7-5-11-6-7/h7H,4-6H2,1-3H3. The first-order chi connectivity index (χ1) is 5.59. The second-order valence-electron chi connectivity index (χ2n) is 3.68. The molecule has 0 N–H and O–H groups in total. The molecular formula is C9H16O3. The molecular weight excluding hydrogens is 156 g/mol. The van der Waals surface area contributed by atoms with Crippen LogP contribution in [0.2, 0.25) is 0 Å². The van der Waals surface area contributed by atoms with Crippen LogP contribution in [-0.2, 0) is 14.3 Å². The van der Waals surface area contributed by atoms with E-state index in [0.29, 0.717) is 25.7 Å². The average molecular weight is 172 g/mol. The third-order valence-electron chi connectivity index (χ3n) is 2.46. The molecule has 0 aromatic rings. The van der Waals surface area contributed by atoms with Crippen LogP contribution in [0.3, 0.4) is 0 Å². The van der Waals surface area contributed by atoms with E-state index in [1.807, 2.05) is 20.8 Å². The summed E-state index contributed by atoms with van der Waals surface area (Å²) in [7, 11) is 0. The number of hydrogen-bond acceptors (Lipinski definition) is 3. The minimum absolute atomic E-state index is 0.113. The maximum atomic E-state index is 11.4. The third-order valence-corrected chi connectivity index (χ3v) is 2.46. The molecule has 1 fully saturated rings. The van der Waals surface area contributed by atoms with Crippen molar-refractivity contribution in [2.75, 3.05) is 19.8 Å². The number of ether oxygens (including phenoxy) is 2. The molecule has 1 aliphatic rings. The summed E-state index contributed by atoms with van der Waals surface area (Å²) in [6.07, 6.45) is 0. The fourth-order valence-electron chi connectivity index (χ4n) is 1.14. The topological polar surface area (TPSA) is 35.5 Å². The van der Waals surface area contributed by atoms with Crippen LogP contribution in [0, 0.1) is 11.3 Å². The SMILES string of the molecule is CCOC(=O)C(C)(C)C1COC1. The molecule has 0 unspecified atom stereocenters. The van der Waals surface area contributed by atoms with Crippen LogP contribution in [0.1, 0.15) is 20.8 Å². The van der Waals surface area contributed by atoms with Crippen molar-refractivity contribution in [2.24, 2.45) is 11.3 Å². The maximum absolute atomic E-state index is 11.4. The molecule has 3 nitrogen and oxygen atoms in total. The van der Waals surface area contributed by atoms with Crippen molar-refractivity contribution < 1.29 is 14.3 Å². The monoisotopic (exact) mass is 172 g/mol. The highest BCUT2D eigenvalue weighted by Gasteiger charge is 2.42. The van der Waals surface area contributed by atoms with Gasteiger partial charge in [0, 0.05) is 5.92 Å². The van der Waals surface area contributed by atoms with Crippen molar-refractivity contribution in [1.29, 1.82) is 0 Å². The second-order valence-corrected chi connectivity index (χ2v) is 3.68. The first-order valence-electron chi connectivity index (χ1n) is 4.34. The first-order valence-corrected chi connectivity index (χ1v) is 4.34. The Hall–Kier alpha value is -0.570. The molecule has 3 heteroatoms. The zero-order valence-corrected chi connectivity index (χ0v) is 7.92. The van der Waals surface area contributed by atoms with Crippen LogP contribution < -0.4 is 0 Å². The Bertz CT molecular complexity index is 171. The number of esters is 1. The summed E-state index contributed by atoms with van der Waals surface area (Å²) < 4.78 is 10.0. The highest BCUT2D eigenvalue weighted by Crippen LogP contribution is 2.33. The van der Waals surface area contributed by atoms with Crippen LogP contribution in [0.25, 0.3) is 0 Å². The quantitative estimate of drug-likeness (QED) is 0.600. The lowest BCUT2D eigenvalue weighted by Gasteiger charge is -2.37. The van der Waals surface area contributed by atoms with Gasteiger partial charge in [0.1, 0.15) is 0 Å². The molecule has 0 aliphatic carbocycles. The number of hydrogen-bond donors (Lipinski definition) is 0. The molecule has 1 saturated heterocycles. The average Bonchev–Trinajstić information content (AvgIpc) is 1.82. The Morgan fingerprint density at radius 1 is 1.58 bits per heavy atom. The van der Waals surface area contributed by atoms with Gasteiger partial charge in [0.2, 0.25) is 0 Å². The van der Waals surface area contributed by atoms with Gasteiger partial charge in [-0.15, -0.1) is 0 Å². The van der Waals surface area contributed by atoms with Gasteiger partial charge in [0.15, 0.2) is 0 Å². The van der Waals surface area contributed by atoms with Gasteiger partial charge in [0.25, 0.3) is 0 Å². The van der Waals surface area contributed by atoms with Crippen LogP contribution in [0.15, 0.2) is 0 Å². The minimum Gasteiger partial charge on any atom is -0.466 e. The Labute approximate surface area is 73.0 Å². The molecule has 0 amide bonds. The van der Waals surface area contributed by atoms with Gasteiger partial charge >= 0.3 is 5.97 Å². The molecule has 70 valence electrons. The van der Waals surface area contributed by atoms with Crippen LogP contribution in [0.5, 0.6) is 0 Å². The highest BCUT2D eigenvalue weighted by molar-refractivity contribution is 5.76. The van der Waals surface area contributed by atoms with Gasteiger partial charge in [0.05, 0.1) is 25.2 Å². The van der Waals surface area contributed by atoms with Gasteiger partial charge in [-0.1, -0.05) is 0 Å². The Kier molecular flexibility index (Phi) is 2.73. The van der Waals surface area contributed by atoms with Gasteiger partial charge in [-0.25, -0.2) is 0 Å². The van der Waals surface area contributed by atoms with E-state index in [2.05, 4.69) is 0 Å². The molecule has 0 radical (unpaired) electrons. The molecule has 0 aromatic carbocycles. The molecule has 0 aromatic heterocycles. The van der Waals surface area contributed by atoms with Crippen molar-refractivity contribution in [3.05, 3.63) is 0 Å². The van der Waals surface area contributed by atoms with Crippen LogP contribution in [-0.4, -0.2) is 25.8 Å². The summed E-state index contributed by atoms with van der Waals surface area (Å²) in [6, 6.07) is 0. The van der Waals surface area contributed by atoms with E-state index in [0.717, 1.165) is 0 Å².